The van der Waals surface area contributed by atoms with Gasteiger partial charge in [0, 0.05) is 6.42 Å². The van der Waals surface area contributed by atoms with Crippen LogP contribution in [-0.2, 0) is 11.0 Å². The minimum Gasteiger partial charge on any atom is -0.335 e. The fourth-order valence-electron chi connectivity index (χ4n) is 5.03. The van der Waals surface area contributed by atoms with Gasteiger partial charge in [-0.1, -0.05) is 18.0 Å². The number of anilines is 1. The van der Waals surface area contributed by atoms with Gasteiger partial charge in [0.2, 0.25) is 5.91 Å². The van der Waals surface area contributed by atoms with Gasteiger partial charge in [0.05, 0.1) is 18.7 Å². The molecule has 2 heterocycles. The summed E-state index contributed by atoms with van der Waals surface area (Å²) in [7, 11) is 0. The number of alkyl halides is 3. The second-order valence-electron chi connectivity index (χ2n) is 8.09. The molecule has 0 unspecified atom stereocenters. The first-order valence-electron chi connectivity index (χ1n) is 9.62. The van der Waals surface area contributed by atoms with Gasteiger partial charge in [-0.2, -0.15) is 13.2 Å². The number of nitrogens with one attached hydrogen (secondary N) is 1. The van der Waals surface area contributed by atoms with E-state index >= 15 is 0 Å². The lowest BCUT2D eigenvalue weighted by Gasteiger charge is -2.32. The lowest BCUT2D eigenvalue weighted by atomic mass is 9.86. The molecule has 3 aliphatic rings. The van der Waals surface area contributed by atoms with Gasteiger partial charge in [0.1, 0.15) is 24.3 Å². The summed E-state index contributed by atoms with van der Waals surface area (Å²) >= 11 is 6.06. The number of carbonyl (C=O) groups is 1. The maximum absolute atomic E-state index is 12.8. The number of hydrogen-bond acceptors (Lipinski definition) is 2. The molecule has 1 saturated heterocycles. The Balaban J connectivity index is 1.33. The lowest BCUT2D eigenvalue weighted by Crippen LogP contribution is -2.50. The van der Waals surface area contributed by atoms with E-state index in [1.807, 2.05) is 9.80 Å². The lowest BCUT2D eigenvalue weighted by molar-refractivity contribution is -0.367. The number of pyridine rings is 1. The van der Waals surface area contributed by atoms with E-state index in [4.69, 9.17) is 11.6 Å². The molecule has 1 aromatic rings. The highest BCUT2D eigenvalue weighted by atomic mass is 35.5. The number of aromatic amines is 1. The SMILES string of the molecule is O=C(C[C@@H]1C[C@@H]2CC[C@@H]1C2)N1CCN(c2[nH+]cc(C(F)(F)F)cc2Cl)CC1. The third kappa shape index (κ3) is 3.89. The Morgan fingerprint density at radius 2 is 1.93 bits per heavy atom. The van der Waals surface area contributed by atoms with Crippen molar-refractivity contribution in [3.05, 3.63) is 22.8 Å². The van der Waals surface area contributed by atoms with Crippen LogP contribution in [0.4, 0.5) is 19.0 Å². The summed E-state index contributed by atoms with van der Waals surface area (Å²) in [6, 6.07) is 0.944. The molecule has 0 radical (unpaired) electrons. The molecule has 2 saturated carbocycles. The first-order chi connectivity index (χ1) is 12.8. The number of H-pyrrole nitrogens is 1. The van der Waals surface area contributed by atoms with Crippen LogP contribution in [0, 0.1) is 17.8 Å². The van der Waals surface area contributed by atoms with Crippen LogP contribution in [0.1, 0.15) is 37.7 Å². The predicted octanol–water partition coefficient (Wildman–Crippen LogP) is 3.65. The van der Waals surface area contributed by atoms with Gasteiger partial charge in [-0.3, -0.25) is 9.69 Å². The molecular weight excluding hydrogens is 379 g/mol. The number of fused-ring (bicyclic) bond motifs is 2. The van der Waals surface area contributed by atoms with Gasteiger partial charge in [-0.15, -0.1) is 0 Å². The minimum absolute atomic E-state index is 0.0478. The Bertz CT molecular complexity index is 719. The van der Waals surface area contributed by atoms with Gasteiger partial charge in [0.15, 0.2) is 0 Å². The Hall–Kier alpha value is -1.50. The van der Waals surface area contributed by atoms with Crippen molar-refractivity contribution < 1.29 is 22.9 Å². The number of aromatic nitrogens is 1. The molecule has 0 spiro atoms. The van der Waals surface area contributed by atoms with Gasteiger partial charge in [0.25, 0.3) is 5.82 Å². The smallest absolute Gasteiger partial charge is 0.335 e. The van der Waals surface area contributed by atoms with Crippen LogP contribution in [-0.4, -0.2) is 37.0 Å². The summed E-state index contributed by atoms with van der Waals surface area (Å²) in [4.78, 5) is 19.1. The highest BCUT2D eigenvalue weighted by molar-refractivity contribution is 6.32. The zero-order valence-corrected chi connectivity index (χ0v) is 15.8. The quantitative estimate of drug-likeness (QED) is 0.774. The van der Waals surface area contributed by atoms with E-state index in [-0.39, 0.29) is 10.9 Å². The van der Waals surface area contributed by atoms with Gasteiger partial charge in [-0.25, -0.2) is 4.98 Å². The molecule has 2 aliphatic carbocycles. The first kappa shape index (κ1) is 18.8. The molecule has 0 aromatic carbocycles. The zero-order valence-electron chi connectivity index (χ0n) is 15.1. The van der Waals surface area contributed by atoms with E-state index in [1.165, 1.54) is 25.7 Å². The maximum atomic E-state index is 12.8. The van der Waals surface area contributed by atoms with Crippen molar-refractivity contribution >= 4 is 23.3 Å². The van der Waals surface area contributed by atoms with Crippen LogP contribution in [0.25, 0.3) is 0 Å². The van der Waals surface area contributed by atoms with Crippen molar-refractivity contribution in [1.82, 2.24) is 4.90 Å². The molecule has 148 valence electrons. The van der Waals surface area contributed by atoms with Crippen LogP contribution in [0.3, 0.4) is 0 Å². The summed E-state index contributed by atoms with van der Waals surface area (Å²) in [5.74, 6) is 2.81. The number of piperazine rings is 1. The zero-order chi connectivity index (χ0) is 19.2. The van der Waals surface area contributed by atoms with Crippen molar-refractivity contribution in [1.29, 1.82) is 0 Å². The summed E-state index contributed by atoms with van der Waals surface area (Å²) in [6.07, 6.45) is 2.27. The Kier molecular flexibility index (Phi) is 4.99. The van der Waals surface area contributed by atoms with Crippen molar-refractivity contribution in [3.63, 3.8) is 0 Å². The van der Waals surface area contributed by atoms with E-state index < -0.39 is 11.7 Å². The number of halogens is 4. The van der Waals surface area contributed by atoms with E-state index in [1.54, 1.807) is 0 Å². The van der Waals surface area contributed by atoms with Gasteiger partial charge >= 0.3 is 6.18 Å². The summed E-state index contributed by atoms with van der Waals surface area (Å²) < 4.78 is 38.3. The highest BCUT2D eigenvalue weighted by Gasteiger charge is 2.41. The van der Waals surface area contributed by atoms with Gasteiger partial charge < -0.3 is 4.90 Å². The second kappa shape index (κ2) is 7.15. The molecular formula is C19H24ClF3N3O+. The van der Waals surface area contributed by atoms with Crippen molar-refractivity contribution in [2.45, 2.75) is 38.3 Å². The number of carbonyl (C=O) groups excluding carboxylic acids is 1. The third-order valence-corrected chi connectivity index (χ3v) is 6.76. The van der Waals surface area contributed by atoms with E-state index in [0.29, 0.717) is 44.3 Å². The Morgan fingerprint density at radius 1 is 1.19 bits per heavy atom. The molecule has 1 aliphatic heterocycles. The van der Waals surface area contributed by atoms with Crippen molar-refractivity contribution in [2.24, 2.45) is 17.8 Å². The molecule has 27 heavy (non-hydrogen) atoms. The molecule has 4 rings (SSSR count). The topological polar surface area (TPSA) is 37.7 Å². The molecule has 4 nitrogen and oxygen atoms in total. The van der Waals surface area contributed by atoms with E-state index in [0.717, 1.165) is 24.1 Å². The van der Waals surface area contributed by atoms with Gasteiger partial charge in [-0.05, 0) is 43.1 Å². The molecule has 1 amide bonds. The summed E-state index contributed by atoms with van der Waals surface area (Å²) in [5.41, 5.74) is -0.795. The van der Waals surface area contributed by atoms with Crippen molar-refractivity contribution in [2.75, 3.05) is 31.1 Å². The summed E-state index contributed by atoms with van der Waals surface area (Å²) in [5, 5.41) is 0.0478. The number of amides is 1. The number of hydrogen-bond donors (Lipinski definition) is 0. The molecule has 8 heteroatoms. The average Bonchev–Trinajstić information content (AvgIpc) is 3.24. The number of nitrogens with zero attached hydrogens (tertiary/aromatic N) is 2. The highest BCUT2D eigenvalue weighted by Crippen LogP contribution is 2.49. The molecule has 1 N–H and O–H groups in total. The average molecular weight is 403 g/mol. The van der Waals surface area contributed by atoms with E-state index in [9.17, 15) is 18.0 Å². The standard InChI is InChI=1S/C19H23ClF3N3O/c20-16-10-15(19(21,22)23)11-24-18(16)26-5-3-25(4-6-26)17(27)9-14-8-12-1-2-13(14)7-12/h10-14H,1-9H2/p+1/t12-,13-,14+/m1/s1. The minimum atomic E-state index is -4.43. The fourth-order valence-corrected chi connectivity index (χ4v) is 5.32. The molecule has 3 atom stereocenters. The molecule has 1 aromatic heterocycles. The first-order valence-corrected chi connectivity index (χ1v) is 10.00. The van der Waals surface area contributed by atoms with Crippen LogP contribution in [0.2, 0.25) is 5.02 Å². The van der Waals surface area contributed by atoms with Crippen LogP contribution < -0.4 is 9.88 Å². The Morgan fingerprint density at radius 3 is 2.48 bits per heavy atom. The number of rotatable bonds is 3. The monoisotopic (exact) mass is 402 g/mol. The van der Waals surface area contributed by atoms with Crippen LogP contribution in [0.15, 0.2) is 12.3 Å². The molecule has 2 bridgehead atoms. The van der Waals surface area contributed by atoms with Crippen LogP contribution >= 0.6 is 11.6 Å². The van der Waals surface area contributed by atoms with E-state index in [2.05, 4.69) is 4.98 Å². The predicted molar refractivity (Wildman–Crippen MR) is 95.4 cm³/mol. The largest absolute Gasteiger partial charge is 0.419 e. The third-order valence-electron chi connectivity index (χ3n) is 6.47. The maximum Gasteiger partial charge on any atom is 0.419 e. The van der Waals surface area contributed by atoms with Crippen molar-refractivity contribution in [3.8, 4) is 0 Å². The summed E-state index contributed by atoms with van der Waals surface area (Å²) in [6.45, 7) is 2.27. The fraction of sp³-hybridized carbons (Fsp3) is 0.684. The van der Waals surface area contributed by atoms with Crippen LogP contribution in [0.5, 0.6) is 0 Å². The normalized spacial score (nSPS) is 28.1. The second-order valence-corrected chi connectivity index (χ2v) is 8.50. The Labute approximate surface area is 161 Å². The molecule has 3 fully saturated rings.